The highest BCUT2D eigenvalue weighted by atomic mass is 16.5. The smallest absolute Gasteiger partial charge is 0.305 e. The molecule has 8 heteroatoms. The summed E-state index contributed by atoms with van der Waals surface area (Å²) >= 11 is 0. The van der Waals surface area contributed by atoms with E-state index in [0.717, 1.165) is 25.2 Å². The lowest BCUT2D eigenvalue weighted by Crippen LogP contribution is -2.52. The molecule has 0 unspecified atom stereocenters. The van der Waals surface area contributed by atoms with Crippen molar-refractivity contribution >= 4 is 11.9 Å². The number of hydrogen-bond acceptors (Lipinski definition) is 6. The summed E-state index contributed by atoms with van der Waals surface area (Å²) in [6.45, 7) is 4.11. The van der Waals surface area contributed by atoms with E-state index in [0.29, 0.717) is 26.0 Å². The molecule has 0 spiro atoms. The van der Waals surface area contributed by atoms with Crippen LogP contribution in [0.1, 0.15) is 50.1 Å². The third-order valence-electron chi connectivity index (χ3n) is 5.62. The molecule has 0 aliphatic carbocycles. The van der Waals surface area contributed by atoms with Gasteiger partial charge in [-0.05, 0) is 32.4 Å². The molecular formula is C20H32N4O4. The van der Waals surface area contributed by atoms with Crippen molar-refractivity contribution in [1.29, 1.82) is 0 Å². The minimum atomic E-state index is -0.276. The first-order chi connectivity index (χ1) is 13.6. The number of ether oxygens (including phenoxy) is 2. The van der Waals surface area contributed by atoms with Crippen molar-refractivity contribution in [2.75, 3.05) is 39.9 Å². The van der Waals surface area contributed by atoms with Gasteiger partial charge in [-0.25, -0.2) is 0 Å². The van der Waals surface area contributed by atoms with E-state index in [9.17, 15) is 9.59 Å². The maximum Gasteiger partial charge on any atom is 0.305 e. The van der Waals surface area contributed by atoms with Gasteiger partial charge in [-0.1, -0.05) is 6.42 Å². The van der Waals surface area contributed by atoms with E-state index in [4.69, 9.17) is 4.74 Å². The number of likely N-dealkylation sites (tertiary alicyclic amines) is 1. The van der Waals surface area contributed by atoms with Crippen molar-refractivity contribution in [1.82, 2.24) is 19.6 Å². The van der Waals surface area contributed by atoms with E-state index in [1.807, 2.05) is 24.3 Å². The van der Waals surface area contributed by atoms with Crippen LogP contribution < -0.4 is 0 Å². The van der Waals surface area contributed by atoms with Crippen molar-refractivity contribution in [3.8, 4) is 0 Å². The Balaban J connectivity index is 1.71. The van der Waals surface area contributed by atoms with Crippen LogP contribution in [0.15, 0.2) is 12.4 Å². The lowest BCUT2D eigenvalue weighted by atomic mass is 9.98. The van der Waals surface area contributed by atoms with Gasteiger partial charge in [0, 0.05) is 44.7 Å². The monoisotopic (exact) mass is 392 g/mol. The Morgan fingerprint density at radius 3 is 2.68 bits per heavy atom. The van der Waals surface area contributed by atoms with E-state index < -0.39 is 0 Å². The average molecular weight is 393 g/mol. The van der Waals surface area contributed by atoms with Crippen LogP contribution in [0.3, 0.4) is 0 Å². The number of methoxy groups -OCH3 is 1. The van der Waals surface area contributed by atoms with Gasteiger partial charge < -0.3 is 19.3 Å². The minimum absolute atomic E-state index is 0.0599. The fourth-order valence-corrected chi connectivity index (χ4v) is 4.18. The number of hydrogen-bond donors (Lipinski definition) is 0. The summed E-state index contributed by atoms with van der Waals surface area (Å²) in [7, 11) is 3.26. The zero-order valence-electron chi connectivity index (χ0n) is 17.0. The molecule has 156 valence electrons. The predicted molar refractivity (Wildman–Crippen MR) is 104 cm³/mol. The van der Waals surface area contributed by atoms with E-state index in [1.54, 1.807) is 4.68 Å². The SMILES string of the molecule is COC(=O)CCCC(=O)N1CCO[C@@H](CN2CCCCC2)[C@@H]1c1cnn(C)c1. The van der Waals surface area contributed by atoms with E-state index in [1.165, 1.54) is 26.4 Å². The highest BCUT2D eigenvalue weighted by molar-refractivity contribution is 5.78. The fraction of sp³-hybridized carbons (Fsp3) is 0.750. The van der Waals surface area contributed by atoms with Gasteiger partial charge in [0.1, 0.15) is 0 Å². The van der Waals surface area contributed by atoms with Crippen LogP contribution in [0.5, 0.6) is 0 Å². The first kappa shape index (κ1) is 20.8. The van der Waals surface area contributed by atoms with E-state index in [2.05, 4.69) is 14.7 Å². The molecular weight excluding hydrogens is 360 g/mol. The second kappa shape index (κ2) is 10.0. The highest BCUT2D eigenvalue weighted by Gasteiger charge is 2.37. The van der Waals surface area contributed by atoms with Gasteiger partial charge in [-0.3, -0.25) is 14.3 Å². The highest BCUT2D eigenvalue weighted by Crippen LogP contribution is 2.31. The van der Waals surface area contributed by atoms with Crippen LogP contribution in [-0.4, -0.2) is 77.5 Å². The standard InChI is InChI=1S/C20H32N4O4/c1-22-14-16(13-21-22)20-17(15-23-9-4-3-5-10-23)28-12-11-24(20)18(25)7-6-8-19(26)27-2/h13-14,17,20H,3-12,15H2,1-2H3/t17-,20-/m0/s1. The fourth-order valence-electron chi connectivity index (χ4n) is 4.18. The number of piperidine rings is 1. The van der Waals surface area contributed by atoms with Crippen molar-refractivity contribution in [2.24, 2.45) is 7.05 Å². The number of morpholine rings is 1. The summed E-state index contributed by atoms with van der Waals surface area (Å²) in [6, 6.07) is -0.144. The van der Waals surface area contributed by atoms with Crippen LogP contribution in [0.25, 0.3) is 0 Å². The molecule has 0 aromatic carbocycles. The van der Waals surface area contributed by atoms with Crippen LogP contribution >= 0.6 is 0 Å². The minimum Gasteiger partial charge on any atom is -0.469 e. The Hall–Kier alpha value is -1.93. The van der Waals surface area contributed by atoms with Gasteiger partial charge in [0.05, 0.1) is 32.1 Å². The molecule has 2 aliphatic rings. The third-order valence-corrected chi connectivity index (χ3v) is 5.62. The molecule has 8 nitrogen and oxygen atoms in total. The van der Waals surface area contributed by atoms with Gasteiger partial charge in [0.2, 0.25) is 5.91 Å². The number of carbonyl (C=O) groups excluding carboxylic acids is 2. The third kappa shape index (κ3) is 5.32. The summed E-state index contributed by atoms with van der Waals surface area (Å²) < 4.78 is 12.6. The number of nitrogens with zero attached hydrogens (tertiary/aromatic N) is 4. The molecule has 2 saturated heterocycles. The quantitative estimate of drug-likeness (QED) is 0.655. The molecule has 28 heavy (non-hydrogen) atoms. The van der Waals surface area contributed by atoms with Crippen molar-refractivity contribution in [3.05, 3.63) is 18.0 Å². The van der Waals surface area contributed by atoms with Crippen molar-refractivity contribution in [3.63, 3.8) is 0 Å². The lowest BCUT2D eigenvalue weighted by Gasteiger charge is -2.43. The molecule has 1 amide bonds. The first-order valence-corrected chi connectivity index (χ1v) is 10.3. The Morgan fingerprint density at radius 2 is 2.00 bits per heavy atom. The summed E-state index contributed by atoms with van der Waals surface area (Å²) in [5.41, 5.74) is 1.01. The van der Waals surface area contributed by atoms with Crippen molar-refractivity contribution < 1.29 is 19.1 Å². The molecule has 3 rings (SSSR count). The molecule has 0 bridgehead atoms. The molecule has 2 atom stereocenters. The molecule has 0 radical (unpaired) electrons. The maximum absolute atomic E-state index is 13.0. The van der Waals surface area contributed by atoms with Gasteiger partial charge in [-0.15, -0.1) is 0 Å². The number of aromatic nitrogens is 2. The van der Waals surface area contributed by atoms with Crippen LogP contribution in [0.2, 0.25) is 0 Å². The summed E-state index contributed by atoms with van der Waals surface area (Å²) in [4.78, 5) is 28.7. The second-order valence-corrected chi connectivity index (χ2v) is 7.68. The Labute approximate surface area is 166 Å². The Bertz CT molecular complexity index is 656. The van der Waals surface area contributed by atoms with Gasteiger partial charge >= 0.3 is 5.97 Å². The van der Waals surface area contributed by atoms with Crippen LogP contribution in [0.4, 0.5) is 0 Å². The normalized spacial score (nSPS) is 23.6. The molecule has 1 aromatic rings. The average Bonchev–Trinajstić information content (AvgIpc) is 3.14. The number of rotatable bonds is 7. The van der Waals surface area contributed by atoms with Crippen molar-refractivity contribution in [2.45, 2.75) is 50.7 Å². The van der Waals surface area contributed by atoms with Gasteiger partial charge in [0.15, 0.2) is 0 Å². The molecule has 0 N–H and O–H groups in total. The molecule has 3 heterocycles. The van der Waals surface area contributed by atoms with Crippen LogP contribution in [0, 0.1) is 0 Å². The Kier molecular flexibility index (Phi) is 7.44. The zero-order valence-corrected chi connectivity index (χ0v) is 17.0. The molecule has 1 aromatic heterocycles. The molecule has 2 aliphatic heterocycles. The van der Waals surface area contributed by atoms with Gasteiger partial charge in [0.25, 0.3) is 0 Å². The first-order valence-electron chi connectivity index (χ1n) is 10.3. The number of esters is 1. The largest absolute Gasteiger partial charge is 0.469 e. The van der Waals surface area contributed by atoms with Gasteiger partial charge in [-0.2, -0.15) is 5.10 Å². The lowest BCUT2D eigenvalue weighted by molar-refractivity contribution is -0.149. The zero-order chi connectivity index (χ0) is 19.9. The molecule has 0 saturated carbocycles. The topological polar surface area (TPSA) is 76.9 Å². The van der Waals surface area contributed by atoms with E-state index in [-0.39, 0.29) is 30.4 Å². The van der Waals surface area contributed by atoms with E-state index >= 15 is 0 Å². The maximum atomic E-state index is 13.0. The summed E-state index contributed by atoms with van der Waals surface area (Å²) in [5.74, 6) is -0.216. The Morgan fingerprint density at radius 1 is 1.21 bits per heavy atom. The summed E-state index contributed by atoms with van der Waals surface area (Å²) in [5, 5.41) is 4.31. The van der Waals surface area contributed by atoms with Crippen LogP contribution in [-0.2, 0) is 26.1 Å². The second-order valence-electron chi connectivity index (χ2n) is 7.68. The molecule has 2 fully saturated rings. The predicted octanol–water partition coefficient (Wildman–Crippen LogP) is 1.52. The number of amides is 1. The summed E-state index contributed by atoms with van der Waals surface area (Å²) in [6.07, 6.45) is 8.57. The number of aryl methyl sites for hydroxylation is 1. The number of carbonyl (C=O) groups is 2.